The topological polar surface area (TPSA) is 90.9 Å². The van der Waals surface area contributed by atoms with E-state index in [1.165, 1.54) is 13.2 Å². The van der Waals surface area contributed by atoms with Crippen LogP contribution < -0.4 is 4.74 Å². The fourth-order valence-electron chi connectivity index (χ4n) is 1.39. The Morgan fingerprint density at radius 3 is 2.89 bits per heavy atom. The summed E-state index contributed by atoms with van der Waals surface area (Å²) < 4.78 is 9.02. The quantitative estimate of drug-likeness (QED) is 0.868. The van der Waals surface area contributed by atoms with Crippen molar-refractivity contribution in [3.63, 3.8) is 0 Å². The number of nitrogens with zero attached hydrogens (tertiary/aromatic N) is 4. The number of aromatic nitrogens is 1. The highest BCUT2D eigenvalue weighted by molar-refractivity contribution is 7.10. The molecule has 0 saturated heterocycles. The summed E-state index contributed by atoms with van der Waals surface area (Å²) in [5.41, 5.74) is 1.59. The van der Waals surface area contributed by atoms with Crippen LogP contribution in [-0.4, -0.2) is 16.6 Å². The van der Waals surface area contributed by atoms with Crippen LogP contribution in [0.15, 0.2) is 28.4 Å². The lowest BCUT2D eigenvalue weighted by molar-refractivity contribution is 0.373. The van der Waals surface area contributed by atoms with Gasteiger partial charge in [0.25, 0.3) is 0 Å². The lowest BCUT2D eigenvalue weighted by Crippen LogP contribution is -1.82. The Balaban J connectivity index is 2.30. The average molecular weight is 274 g/mol. The molecule has 0 bridgehead atoms. The maximum atomic E-state index is 9.46. The van der Waals surface area contributed by atoms with Gasteiger partial charge in [0.05, 0.1) is 18.5 Å². The summed E-state index contributed by atoms with van der Waals surface area (Å²) in [6.45, 7) is 1.75. The molecule has 2 rings (SSSR count). The van der Waals surface area contributed by atoms with Crippen molar-refractivity contribution < 1.29 is 9.84 Å². The van der Waals surface area contributed by atoms with Crippen molar-refractivity contribution in [3.05, 3.63) is 29.5 Å². The van der Waals surface area contributed by atoms with E-state index in [0.717, 1.165) is 11.5 Å². The van der Waals surface area contributed by atoms with Crippen LogP contribution in [0.4, 0.5) is 10.7 Å². The number of benzene rings is 1. The SMILES string of the molecule is COc1cc(N=Nc2snc(C)c2C#N)ccc1O. The van der Waals surface area contributed by atoms with Crippen LogP contribution in [0.2, 0.25) is 0 Å². The fourth-order valence-corrected chi connectivity index (χ4v) is 2.06. The third-order valence-electron chi connectivity index (χ3n) is 2.38. The van der Waals surface area contributed by atoms with E-state index in [1.807, 2.05) is 6.07 Å². The molecular weight excluding hydrogens is 264 g/mol. The number of nitriles is 1. The van der Waals surface area contributed by atoms with Gasteiger partial charge in [0, 0.05) is 6.07 Å². The monoisotopic (exact) mass is 274 g/mol. The van der Waals surface area contributed by atoms with Crippen molar-refractivity contribution >= 4 is 22.2 Å². The van der Waals surface area contributed by atoms with Gasteiger partial charge in [-0.15, -0.1) is 10.2 Å². The molecule has 2 aromatic rings. The molecule has 1 aromatic carbocycles. The highest BCUT2D eigenvalue weighted by atomic mass is 32.1. The molecule has 0 spiro atoms. The molecule has 1 N–H and O–H groups in total. The molecule has 0 atom stereocenters. The lowest BCUT2D eigenvalue weighted by Gasteiger charge is -2.02. The third kappa shape index (κ3) is 2.69. The van der Waals surface area contributed by atoms with Gasteiger partial charge in [-0.3, -0.25) is 0 Å². The molecule has 0 amide bonds. The van der Waals surface area contributed by atoms with E-state index >= 15 is 0 Å². The van der Waals surface area contributed by atoms with Crippen LogP contribution in [0, 0.1) is 18.3 Å². The molecule has 1 aromatic heterocycles. The second-order valence-electron chi connectivity index (χ2n) is 3.62. The van der Waals surface area contributed by atoms with Crippen LogP contribution in [0.1, 0.15) is 11.3 Å². The van der Waals surface area contributed by atoms with Crippen molar-refractivity contribution in [1.82, 2.24) is 4.37 Å². The number of methoxy groups -OCH3 is 1. The van der Waals surface area contributed by atoms with Gasteiger partial charge in [-0.1, -0.05) is 0 Å². The summed E-state index contributed by atoms with van der Waals surface area (Å²) in [6.07, 6.45) is 0. The average Bonchev–Trinajstić information content (AvgIpc) is 2.78. The zero-order valence-electron chi connectivity index (χ0n) is 10.3. The number of hydrogen-bond acceptors (Lipinski definition) is 7. The highest BCUT2D eigenvalue weighted by Crippen LogP contribution is 2.32. The molecule has 0 fully saturated rings. The molecular formula is C12H10N4O2S. The summed E-state index contributed by atoms with van der Waals surface area (Å²) in [7, 11) is 1.45. The Labute approximate surface area is 113 Å². The van der Waals surface area contributed by atoms with Crippen molar-refractivity contribution in [2.45, 2.75) is 6.92 Å². The molecule has 0 saturated carbocycles. The molecule has 0 aliphatic rings. The molecule has 0 aliphatic carbocycles. The van der Waals surface area contributed by atoms with E-state index in [2.05, 4.69) is 14.6 Å². The zero-order chi connectivity index (χ0) is 13.8. The van der Waals surface area contributed by atoms with Crippen molar-refractivity contribution in [3.8, 4) is 17.6 Å². The number of phenolic OH excluding ortho intramolecular Hbond substituents is 1. The smallest absolute Gasteiger partial charge is 0.176 e. The zero-order valence-corrected chi connectivity index (χ0v) is 11.1. The Bertz CT molecular complexity index is 673. The second kappa shape index (κ2) is 5.46. The van der Waals surface area contributed by atoms with Crippen LogP contribution in [0.25, 0.3) is 0 Å². The molecule has 19 heavy (non-hydrogen) atoms. The largest absolute Gasteiger partial charge is 0.504 e. The summed E-state index contributed by atoms with van der Waals surface area (Å²) in [4.78, 5) is 0. The van der Waals surface area contributed by atoms with E-state index in [1.54, 1.807) is 19.1 Å². The van der Waals surface area contributed by atoms with Crippen molar-refractivity contribution in [1.29, 1.82) is 5.26 Å². The molecule has 7 heteroatoms. The van der Waals surface area contributed by atoms with E-state index in [0.29, 0.717) is 27.7 Å². The Morgan fingerprint density at radius 2 is 2.21 bits per heavy atom. The predicted octanol–water partition coefficient (Wildman–Crippen LogP) is 3.45. The number of rotatable bonds is 3. The number of azo groups is 1. The van der Waals surface area contributed by atoms with Gasteiger partial charge in [0.2, 0.25) is 0 Å². The third-order valence-corrected chi connectivity index (χ3v) is 3.20. The molecule has 96 valence electrons. The van der Waals surface area contributed by atoms with Crippen molar-refractivity contribution in [2.24, 2.45) is 10.2 Å². The van der Waals surface area contributed by atoms with Crippen molar-refractivity contribution in [2.75, 3.05) is 7.11 Å². The van der Waals surface area contributed by atoms with Gasteiger partial charge in [-0.05, 0) is 30.6 Å². The van der Waals surface area contributed by atoms with Gasteiger partial charge < -0.3 is 9.84 Å². The first-order valence-corrected chi connectivity index (χ1v) is 6.08. The minimum Gasteiger partial charge on any atom is -0.504 e. The molecule has 0 radical (unpaired) electrons. The second-order valence-corrected chi connectivity index (χ2v) is 4.37. The first-order valence-electron chi connectivity index (χ1n) is 5.31. The summed E-state index contributed by atoms with van der Waals surface area (Å²) in [5.74, 6) is 0.352. The van der Waals surface area contributed by atoms with Crippen LogP contribution in [-0.2, 0) is 0 Å². The van der Waals surface area contributed by atoms with Gasteiger partial charge in [0.15, 0.2) is 16.5 Å². The normalized spacial score (nSPS) is 10.6. The minimum absolute atomic E-state index is 0.0350. The summed E-state index contributed by atoms with van der Waals surface area (Å²) >= 11 is 1.12. The number of ether oxygens (including phenoxy) is 1. The van der Waals surface area contributed by atoms with Gasteiger partial charge in [-0.25, -0.2) is 0 Å². The Morgan fingerprint density at radius 1 is 1.42 bits per heavy atom. The molecule has 6 nitrogen and oxygen atoms in total. The van der Waals surface area contributed by atoms with E-state index in [9.17, 15) is 5.11 Å². The van der Waals surface area contributed by atoms with E-state index in [4.69, 9.17) is 10.00 Å². The lowest BCUT2D eigenvalue weighted by atomic mass is 10.3. The summed E-state index contributed by atoms with van der Waals surface area (Å²) in [6, 6.07) is 6.66. The number of aryl methyl sites for hydroxylation is 1. The first-order chi connectivity index (χ1) is 9.15. The van der Waals surface area contributed by atoms with Crippen LogP contribution in [0.3, 0.4) is 0 Å². The van der Waals surface area contributed by atoms with Crippen LogP contribution >= 0.6 is 11.5 Å². The standard InChI is InChI=1S/C12H10N4O2S/c1-7-9(6-13)12(19-16-7)15-14-8-3-4-10(17)11(5-8)18-2/h3-5,17H,1-2H3. The van der Waals surface area contributed by atoms with E-state index in [-0.39, 0.29) is 5.75 Å². The maximum absolute atomic E-state index is 9.46. The molecule has 1 heterocycles. The van der Waals surface area contributed by atoms with Gasteiger partial charge in [-0.2, -0.15) is 9.64 Å². The summed E-state index contributed by atoms with van der Waals surface area (Å²) in [5, 5.41) is 26.9. The molecule has 0 aliphatic heterocycles. The minimum atomic E-state index is 0.0350. The first kappa shape index (κ1) is 13.0. The highest BCUT2D eigenvalue weighted by Gasteiger charge is 2.09. The number of hydrogen-bond donors (Lipinski definition) is 1. The number of phenols is 1. The Hall–Kier alpha value is -2.46. The Kier molecular flexibility index (Phi) is 3.73. The number of aromatic hydroxyl groups is 1. The van der Waals surface area contributed by atoms with Crippen LogP contribution in [0.5, 0.6) is 11.5 Å². The van der Waals surface area contributed by atoms with Gasteiger partial charge in [0.1, 0.15) is 11.6 Å². The maximum Gasteiger partial charge on any atom is 0.176 e. The van der Waals surface area contributed by atoms with Gasteiger partial charge >= 0.3 is 0 Å². The predicted molar refractivity (Wildman–Crippen MR) is 70.4 cm³/mol. The fraction of sp³-hybridized carbons (Fsp3) is 0.167. The molecule has 0 unspecified atom stereocenters. The van der Waals surface area contributed by atoms with E-state index < -0.39 is 0 Å².